The first-order valence-electron chi connectivity index (χ1n) is 8.06. The van der Waals surface area contributed by atoms with Crippen LogP contribution < -0.4 is 0 Å². The quantitative estimate of drug-likeness (QED) is 0.718. The Balaban J connectivity index is 1.83. The Hall–Kier alpha value is -1.11. The van der Waals surface area contributed by atoms with Crippen LogP contribution in [0.1, 0.15) is 39.0 Å². The van der Waals surface area contributed by atoms with Crippen LogP contribution in [0.15, 0.2) is 0 Å². The third kappa shape index (κ3) is 4.69. The summed E-state index contributed by atoms with van der Waals surface area (Å²) in [5.41, 5.74) is 0. The fourth-order valence-corrected chi connectivity index (χ4v) is 4.76. The first-order valence-corrected chi connectivity index (χ1v) is 9.88. The van der Waals surface area contributed by atoms with Crippen molar-refractivity contribution >= 4 is 21.7 Å². The number of amides is 1. The molecule has 2 rings (SSSR count). The van der Waals surface area contributed by atoms with E-state index in [4.69, 9.17) is 4.74 Å². The topological polar surface area (TPSA) is 80.8 Å². The lowest BCUT2D eigenvalue weighted by Gasteiger charge is -2.33. The summed E-state index contributed by atoms with van der Waals surface area (Å²) in [6, 6.07) is 0. The van der Waals surface area contributed by atoms with Gasteiger partial charge in [-0.05, 0) is 38.5 Å². The summed E-state index contributed by atoms with van der Waals surface area (Å²) in [6.07, 6.45) is 3.12. The second kappa shape index (κ2) is 7.44. The monoisotopic (exact) mass is 331 g/mol. The number of piperidine rings is 1. The smallest absolute Gasteiger partial charge is 0.310 e. The van der Waals surface area contributed by atoms with Crippen LogP contribution in [0.4, 0.5) is 0 Å². The summed E-state index contributed by atoms with van der Waals surface area (Å²) in [7, 11) is -2.89. The minimum absolute atomic E-state index is 0.0401. The van der Waals surface area contributed by atoms with Crippen LogP contribution in [0.5, 0.6) is 0 Å². The molecular formula is C15H25NO5S. The lowest BCUT2D eigenvalue weighted by Crippen LogP contribution is -2.43. The van der Waals surface area contributed by atoms with Crippen LogP contribution in [0.3, 0.4) is 0 Å². The molecule has 2 heterocycles. The number of rotatable bonds is 4. The number of esters is 1. The normalized spacial score (nSPS) is 25.7. The van der Waals surface area contributed by atoms with Crippen molar-refractivity contribution in [1.82, 2.24) is 4.90 Å². The number of carbonyl (C=O) groups excluding carboxylic acids is 2. The van der Waals surface area contributed by atoms with Crippen molar-refractivity contribution in [1.29, 1.82) is 0 Å². The Labute approximate surface area is 132 Å². The molecule has 0 aliphatic carbocycles. The maximum atomic E-state index is 12.4. The molecule has 0 aromatic heterocycles. The molecule has 0 aromatic rings. The highest BCUT2D eigenvalue weighted by molar-refractivity contribution is 7.91. The largest absolute Gasteiger partial charge is 0.466 e. The van der Waals surface area contributed by atoms with E-state index in [2.05, 4.69) is 0 Å². The molecule has 0 aromatic carbocycles. The number of hydrogen-bond acceptors (Lipinski definition) is 5. The van der Waals surface area contributed by atoms with Gasteiger partial charge in [0.2, 0.25) is 5.91 Å². The average Bonchev–Trinajstić information content (AvgIpc) is 2.50. The van der Waals surface area contributed by atoms with Crippen LogP contribution in [0, 0.1) is 11.8 Å². The van der Waals surface area contributed by atoms with Crippen LogP contribution in [-0.4, -0.2) is 56.4 Å². The van der Waals surface area contributed by atoms with E-state index in [-0.39, 0.29) is 35.2 Å². The molecule has 2 aliphatic heterocycles. The summed E-state index contributed by atoms with van der Waals surface area (Å²) in [5.74, 6) is 0.137. The molecule has 0 radical (unpaired) electrons. The van der Waals surface area contributed by atoms with E-state index < -0.39 is 9.84 Å². The van der Waals surface area contributed by atoms with Gasteiger partial charge in [0.25, 0.3) is 0 Å². The fourth-order valence-electron chi connectivity index (χ4n) is 3.18. The van der Waals surface area contributed by atoms with Gasteiger partial charge >= 0.3 is 5.97 Å². The first-order chi connectivity index (χ1) is 10.4. The van der Waals surface area contributed by atoms with Gasteiger partial charge in [0.15, 0.2) is 0 Å². The van der Waals surface area contributed by atoms with Gasteiger partial charge in [-0.25, -0.2) is 8.42 Å². The molecule has 0 bridgehead atoms. The molecule has 6 nitrogen and oxygen atoms in total. The van der Waals surface area contributed by atoms with E-state index in [1.165, 1.54) is 0 Å². The van der Waals surface area contributed by atoms with E-state index in [1.54, 1.807) is 11.8 Å². The van der Waals surface area contributed by atoms with Gasteiger partial charge in [0, 0.05) is 19.5 Å². The molecule has 0 N–H and O–H groups in total. The molecule has 22 heavy (non-hydrogen) atoms. The Morgan fingerprint density at radius 2 is 1.86 bits per heavy atom. The third-order valence-electron chi connectivity index (χ3n) is 4.53. The molecule has 1 unspecified atom stereocenters. The Bertz CT molecular complexity index is 502. The first kappa shape index (κ1) is 17.2. The molecule has 2 saturated heterocycles. The van der Waals surface area contributed by atoms with Crippen molar-refractivity contribution in [2.45, 2.75) is 39.0 Å². The minimum atomic E-state index is -2.89. The predicted octanol–water partition coefficient (Wildman–Crippen LogP) is 1.00. The molecule has 2 aliphatic rings. The summed E-state index contributed by atoms with van der Waals surface area (Å²) in [6.45, 7) is 3.25. The highest BCUT2D eigenvalue weighted by Gasteiger charge is 2.31. The SMILES string of the molecule is CCOC(=O)C1CCCN(C(=O)CC2CCS(=O)(=O)CC2)C1. The molecule has 0 saturated carbocycles. The second-order valence-corrected chi connectivity index (χ2v) is 8.53. The summed E-state index contributed by atoms with van der Waals surface area (Å²) in [4.78, 5) is 25.9. The molecular weight excluding hydrogens is 306 g/mol. The Kier molecular flexibility index (Phi) is 5.83. The molecule has 126 valence electrons. The number of sulfone groups is 1. The van der Waals surface area contributed by atoms with E-state index >= 15 is 0 Å². The van der Waals surface area contributed by atoms with E-state index in [1.807, 2.05) is 0 Å². The van der Waals surface area contributed by atoms with Crippen LogP contribution in [-0.2, 0) is 24.2 Å². The fraction of sp³-hybridized carbons (Fsp3) is 0.867. The lowest BCUT2D eigenvalue weighted by molar-refractivity contribution is -0.151. The standard InChI is InChI=1S/C15H25NO5S/c1-2-21-15(18)13-4-3-7-16(11-13)14(17)10-12-5-8-22(19,20)9-6-12/h12-13H,2-11H2,1H3. The van der Waals surface area contributed by atoms with Crippen molar-refractivity contribution in [2.24, 2.45) is 11.8 Å². The number of nitrogens with zero attached hydrogens (tertiary/aromatic N) is 1. The Morgan fingerprint density at radius 3 is 2.50 bits per heavy atom. The van der Waals surface area contributed by atoms with Gasteiger partial charge < -0.3 is 9.64 Å². The summed E-state index contributed by atoms with van der Waals surface area (Å²) >= 11 is 0. The molecule has 1 atom stereocenters. The van der Waals surface area contributed by atoms with E-state index in [0.29, 0.717) is 39.0 Å². The zero-order chi connectivity index (χ0) is 16.2. The van der Waals surface area contributed by atoms with Crippen LogP contribution >= 0.6 is 0 Å². The van der Waals surface area contributed by atoms with Crippen LogP contribution in [0.2, 0.25) is 0 Å². The summed E-state index contributed by atoms with van der Waals surface area (Å²) < 4.78 is 27.9. The van der Waals surface area contributed by atoms with Gasteiger partial charge in [-0.3, -0.25) is 9.59 Å². The molecule has 7 heteroatoms. The van der Waals surface area contributed by atoms with Gasteiger partial charge in [-0.15, -0.1) is 0 Å². The number of hydrogen-bond donors (Lipinski definition) is 0. The molecule has 2 fully saturated rings. The highest BCUT2D eigenvalue weighted by Crippen LogP contribution is 2.25. The minimum Gasteiger partial charge on any atom is -0.466 e. The maximum Gasteiger partial charge on any atom is 0.310 e. The molecule has 1 amide bonds. The van der Waals surface area contributed by atoms with Crippen molar-refractivity contribution in [3.05, 3.63) is 0 Å². The average molecular weight is 331 g/mol. The van der Waals surface area contributed by atoms with Gasteiger partial charge in [0.1, 0.15) is 9.84 Å². The van der Waals surface area contributed by atoms with E-state index in [0.717, 1.165) is 12.8 Å². The predicted molar refractivity (Wildman–Crippen MR) is 81.9 cm³/mol. The van der Waals surface area contributed by atoms with Gasteiger partial charge in [-0.1, -0.05) is 0 Å². The maximum absolute atomic E-state index is 12.4. The third-order valence-corrected chi connectivity index (χ3v) is 6.25. The molecule has 0 spiro atoms. The van der Waals surface area contributed by atoms with Gasteiger partial charge in [-0.2, -0.15) is 0 Å². The number of ether oxygens (including phenoxy) is 1. The lowest BCUT2D eigenvalue weighted by atomic mass is 9.95. The zero-order valence-electron chi connectivity index (χ0n) is 13.1. The zero-order valence-corrected chi connectivity index (χ0v) is 13.9. The van der Waals surface area contributed by atoms with Gasteiger partial charge in [0.05, 0.1) is 24.0 Å². The summed E-state index contributed by atoms with van der Waals surface area (Å²) in [5, 5.41) is 0. The van der Waals surface area contributed by atoms with Crippen LogP contribution in [0.25, 0.3) is 0 Å². The van der Waals surface area contributed by atoms with Crippen molar-refractivity contribution in [2.75, 3.05) is 31.2 Å². The number of likely N-dealkylation sites (tertiary alicyclic amines) is 1. The number of carbonyl (C=O) groups is 2. The highest BCUT2D eigenvalue weighted by atomic mass is 32.2. The van der Waals surface area contributed by atoms with E-state index in [9.17, 15) is 18.0 Å². The van der Waals surface area contributed by atoms with Crippen molar-refractivity contribution in [3.8, 4) is 0 Å². The Morgan fingerprint density at radius 1 is 1.18 bits per heavy atom. The van der Waals surface area contributed by atoms with Crippen molar-refractivity contribution < 1.29 is 22.7 Å². The van der Waals surface area contributed by atoms with Crippen molar-refractivity contribution in [3.63, 3.8) is 0 Å². The second-order valence-electron chi connectivity index (χ2n) is 6.23.